The molecule has 0 aliphatic rings. The third-order valence-corrected chi connectivity index (χ3v) is 2.01. The first-order valence-electron chi connectivity index (χ1n) is 4.95. The Morgan fingerprint density at radius 2 is 1.78 bits per heavy atom. The number of carbonyl (C=O) groups is 1. The van der Waals surface area contributed by atoms with Crippen LogP contribution in [0.3, 0.4) is 0 Å². The summed E-state index contributed by atoms with van der Waals surface area (Å²) in [7, 11) is -3.05. The van der Waals surface area contributed by atoms with Gasteiger partial charge in [0.25, 0.3) is 0 Å². The summed E-state index contributed by atoms with van der Waals surface area (Å²) in [6, 6.07) is 5.83. The van der Waals surface area contributed by atoms with Crippen molar-refractivity contribution in [3.05, 3.63) is 54.4 Å². The van der Waals surface area contributed by atoms with E-state index in [1.807, 2.05) is 0 Å². The lowest BCUT2D eigenvalue weighted by molar-refractivity contribution is 0.102. The molecule has 2 aromatic rings. The number of rotatable bonds is 5. The van der Waals surface area contributed by atoms with Gasteiger partial charge in [0.1, 0.15) is 0 Å². The van der Waals surface area contributed by atoms with Gasteiger partial charge in [-0.1, -0.05) is 0 Å². The molecule has 0 aliphatic carbocycles. The van der Waals surface area contributed by atoms with Crippen molar-refractivity contribution in [1.82, 2.24) is 0 Å². The fourth-order valence-corrected chi connectivity index (χ4v) is 1.29. The number of halogens is 2. The van der Waals surface area contributed by atoms with Crippen molar-refractivity contribution in [1.29, 1.82) is 0 Å². The predicted octanol–water partition coefficient (Wildman–Crippen LogP) is 3.04. The zero-order chi connectivity index (χ0) is 13.0. The average molecular weight is 252 g/mol. The van der Waals surface area contributed by atoms with Crippen molar-refractivity contribution in [2.45, 2.75) is 0 Å². The van der Waals surface area contributed by atoms with Crippen LogP contribution in [0.4, 0.5) is 8.63 Å². The van der Waals surface area contributed by atoms with Crippen LogP contribution in [0.25, 0.3) is 5.76 Å². The van der Waals surface area contributed by atoms with Crippen LogP contribution in [-0.4, -0.2) is 13.3 Å². The lowest BCUT2D eigenvalue weighted by Crippen LogP contribution is -2.05. The van der Waals surface area contributed by atoms with Crippen LogP contribution in [0, 0.1) is 0 Å². The molecule has 2 rings (SSSR count). The van der Waals surface area contributed by atoms with Gasteiger partial charge in [0.2, 0.25) is 5.78 Å². The Morgan fingerprint density at radius 3 is 2.28 bits per heavy atom. The number of hydrogen-bond donors (Lipinski definition) is 0. The summed E-state index contributed by atoms with van der Waals surface area (Å²) in [5.74, 6) is -0.879. The highest BCUT2D eigenvalue weighted by Crippen LogP contribution is 2.19. The zero-order valence-corrected chi connectivity index (χ0v) is 9.01. The van der Waals surface area contributed by atoms with Crippen LogP contribution in [0.1, 0.15) is 16.3 Å². The summed E-state index contributed by atoms with van der Waals surface area (Å²) in [6.07, 6.45) is 3.49. The summed E-state index contributed by atoms with van der Waals surface area (Å²) >= 11 is 0. The molecule has 0 bridgehead atoms. The molecule has 18 heavy (non-hydrogen) atoms. The molecule has 7 heteroatoms. The molecule has 92 valence electrons. The highest BCUT2D eigenvalue weighted by molar-refractivity contribution is 6.36. The molecule has 0 radical (unpaired) electrons. The molecule has 0 aromatic carbocycles. The quantitative estimate of drug-likeness (QED) is 0.355. The van der Waals surface area contributed by atoms with Gasteiger partial charge >= 0.3 is 7.47 Å². The van der Waals surface area contributed by atoms with Crippen LogP contribution >= 0.6 is 0 Å². The Kier molecular flexibility index (Phi) is 3.61. The van der Waals surface area contributed by atoms with Crippen LogP contribution < -0.4 is 0 Å². The Labute approximate surface area is 101 Å². The minimum absolute atomic E-state index is 0.0249. The van der Waals surface area contributed by atoms with Gasteiger partial charge in [-0.15, -0.1) is 0 Å². The molecule has 4 nitrogen and oxygen atoms in total. The van der Waals surface area contributed by atoms with E-state index < -0.39 is 13.3 Å². The second-order valence-electron chi connectivity index (χ2n) is 3.21. The molecule has 2 heterocycles. The second-order valence-corrected chi connectivity index (χ2v) is 3.21. The second kappa shape index (κ2) is 5.35. The molecule has 0 unspecified atom stereocenters. The van der Waals surface area contributed by atoms with Gasteiger partial charge in [0.15, 0.2) is 17.3 Å². The number of ketones is 1. The van der Waals surface area contributed by atoms with Crippen LogP contribution in [0.5, 0.6) is 0 Å². The Balaban J connectivity index is 2.26. The monoisotopic (exact) mass is 252 g/mol. The van der Waals surface area contributed by atoms with E-state index in [-0.39, 0.29) is 17.3 Å². The molecule has 0 saturated carbocycles. The van der Waals surface area contributed by atoms with E-state index in [1.54, 1.807) is 0 Å². The van der Waals surface area contributed by atoms with Crippen molar-refractivity contribution in [2.24, 2.45) is 0 Å². The van der Waals surface area contributed by atoms with Crippen molar-refractivity contribution in [2.75, 3.05) is 0 Å². The summed E-state index contributed by atoms with van der Waals surface area (Å²) < 4.78 is 38.5. The highest BCUT2D eigenvalue weighted by atomic mass is 19.2. The molecule has 2 aromatic heterocycles. The molecule has 0 saturated heterocycles. The Bertz CT molecular complexity index is 531. The van der Waals surface area contributed by atoms with E-state index in [0.29, 0.717) is 0 Å². The molecule has 0 aliphatic heterocycles. The van der Waals surface area contributed by atoms with Crippen molar-refractivity contribution in [3.63, 3.8) is 0 Å². The maximum Gasteiger partial charge on any atom is 0.796 e. The summed E-state index contributed by atoms with van der Waals surface area (Å²) in [5, 5.41) is 0. The molecular formula is C11H7BF2O4. The van der Waals surface area contributed by atoms with Gasteiger partial charge < -0.3 is 13.5 Å². The first-order valence-corrected chi connectivity index (χ1v) is 4.95. The average Bonchev–Trinajstić information content (AvgIpc) is 3.01. The van der Waals surface area contributed by atoms with E-state index >= 15 is 0 Å². The van der Waals surface area contributed by atoms with Crippen LogP contribution in [0.2, 0.25) is 0 Å². The van der Waals surface area contributed by atoms with Gasteiger partial charge in [0.05, 0.1) is 12.5 Å². The fraction of sp³-hybridized carbons (Fsp3) is 0. The van der Waals surface area contributed by atoms with Gasteiger partial charge in [0, 0.05) is 6.08 Å². The minimum atomic E-state index is -3.05. The maximum atomic E-state index is 12.2. The van der Waals surface area contributed by atoms with E-state index in [0.717, 1.165) is 6.08 Å². The van der Waals surface area contributed by atoms with Gasteiger partial charge in [-0.2, -0.15) is 0 Å². The number of hydrogen-bond acceptors (Lipinski definition) is 4. The topological polar surface area (TPSA) is 52.6 Å². The lowest BCUT2D eigenvalue weighted by Gasteiger charge is -2.04. The van der Waals surface area contributed by atoms with E-state index in [1.165, 1.54) is 36.8 Å². The smallest absolute Gasteiger partial charge is 0.502 e. The maximum absolute atomic E-state index is 12.2. The molecule has 0 amide bonds. The molecule has 0 atom stereocenters. The normalized spacial score (nSPS) is 11.3. The number of allylic oxidation sites excluding steroid dienone is 1. The SMILES string of the molecule is O=C(/C=C(/OB(F)F)c1ccco1)c1ccco1. The van der Waals surface area contributed by atoms with Crippen molar-refractivity contribution in [3.8, 4) is 0 Å². The van der Waals surface area contributed by atoms with Crippen molar-refractivity contribution < 1.29 is 26.9 Å². The Morgan fingerprint density at radius 1 is 1.17 bits per heavy atom. The Hall–Kier alpha value is -2.31. The molecule has 0 fully saturated rings. The molecule has 0 spiro atoms. The third-order valence-electron chi connectivity index (χ3n) is 2.01. The first-order chi connectivity index (χ1) is 8.66. The number of furan rings is 2. The van der Waals surface area contributed by atoms with Crippen molar-refractivity contribution >= 4 is 19.0 Å². The molecular weight excluding hydrogens is 245 g/mol. The standard InChI is InChI=1S/C11H7BF2O4/c13-12(14)18-11(10-4-2-6-17-10)7-8(15)9-3-1-5-16-9/h1-7H/b11-7+. The van der Waals surface area contributed by atoms with E-state index in [9.17, 15) is 13.4 Å². The van der Waals surface area contributed by atoms with Crippen LogP contribution in [-0.2, 0) is 4.65 Å². The summed E-state index contributed by atoms with van der Waals surface area (Å²) in [5.41, 5.74) is 0. The van der Waals surface area contributed by atoms with E-state index in [4.69, 9.17) is 8.83 Å². The predicted molar refractivity (Wildman–Crippen MR) is 58.8 cm³/mol. The summed E-state index contributed by atoms with van der Waals surface area (Å²) in [4.78, 5) is 11.7. The number of carbonyl (C=O) groups excluding carboxylic acids is 1. The highest BCUT2D eigenvalue weighted by Gasteiger charge is 2.23. The largest absolute Gasteiger partial charge is 0.796 e. The molecule has 0 N–H and O–H groups in total. The van der Waals surface area contributed by atoms with Gasteiger partial charge in [-0.25, -0.2) is 8.63 Å². The fourth-order valence-electron chi connectivity index (χ4n) is 1.29. The minimum Gasteiger partial charge on any atom is -0.502 e. The lowest BCUT2D eigenvalue weighted by atomic mass is 10.2. The van der Waals surface area contributed by atoms with E-state index in [2.05, 4.69) is 4.65 Å². The van der Waals surface area contributed by atoms with Gasteiger partial charge in [-0.3, -0.25) is 4.79 Å². The third kappa shape index (κ3) is 2.88. The zero-order valence-electron chi connectivity index (χ0n) is 9.01. The first kappa shape index (κ1) is 12.2. The van der Waals surface area contributed by atoms with Crippen LogP contribution in [0.15, 0.2) is 51.7 Å². The van der Waals surface area contributed by atoms with Gasteiger partial charge in [-0.05, 0) is 24.3 Å². The summed E-state index contributed by atoms with van der Waals surface area (Å²) in [6.45, 7) is 0.